The van der Waals surface area contributed by atoms with Crippen LogP contribution in [0.4, 0.5) is 0 Å². The molecule has 0 amide bonds. The number of aldehydes is 1. The quantitative estimate of drug-likeness (QED) is 0.810. The van der Waals surface area contributed by atoms with E-state index in [1.807, 2.05) is 22.8 Å². The number of ether oxygens (including phenoxy) is 1. The van der Waals surface area contributed by atoms with Crippen molar-refractivity contribution in [2.75, 3.05) is 7.11 Å². The zero-order valence-corrected chi connectivity index (χ0v) is 10.9. The van der Waals surface area contributed by atoms with Crippen molar-refractivity contribution in [3.63, 3.8) is 0 Å². The summed E-state index contributed by atoms with van der Waals surface area (Å²) in [5, 5.41) is 9.24. The van der Waals surface area contributed by atoms with Crippen LogP contribution in [0.25, 0.3) is 0 Å². The molecule has 100 valence electrons. The standard InChI is InChI=1S/C15H17NO3/c1-19-11-14-5-4-13(10-17)16(14)9-8-12-2-6-15(18)7-3-12/h2-7,10,18H,8-9,11H2,1H3. The maximum absolute atomic E-state index is 11.0. The number of methoxy groups -OCH3 is 1. The lowest BCUT2D eigenvalue weighted by Gasteiger charge is -2.10. The van der Waals surface area contributed by atoms with Crippen molar-refractivity contribution in [1.82, 2.24) is 4.57 Å². The highest BCUT2D eigenvalue weighted by molar-refractivity contribution is 5.72. The lowest BCUT2D eigenvalue weighted by molar-refractivity contribution is 0.111. The number of carbonyl (C=O) groups is 1. The predicted octanol–water partition coefficient (Wildman–Crippen LogP) is 2.40. The molecule has 0 bridgehead atoms. The van der Waals surface area contributed by atoms with Crippen LogP contribution in [-0.4, -0.2) is 23.1 Å². The first-order chi connectivity index (χ1) is 9.24. The van der Waals surface area contributed by atoms with Gasteiger partial charge in [0.15, 0.2) is 6.29 Å². The van der Waals surface area contributed by atoms with Crippen molar-refractivity contribution in [2.45, 2.75) is 19.6 Å². The third-order valence-corrected chi connectivity index (χ3v) is 3.08. The first-order valence-electron chi connectivity index (χ1n) is 6.15. The minimum atomic E-state index is 0.262. The van der Waals surface area contributed by atoms with Gasteiger partial charge in [-0.2, -0.15) is 0 Å². The van der Waals surface area contributed by atoms with Gasteiger partial charge in [0.25, 0.3) is 0 Å². The number of aryl methyl sites for hydroxylation is 1. The number of phenolic OH excluding ortho intramolecular Hbond substituents is 1. The highest BCUT2D eigenvalue weighted by Crippen LogP contribution is 2.13. The third kappa shape index (κ3) is 3.23. The average Bonchev–Trinajstić information content (AvgIpc) is 2.81. The van der Waals surface area contributed by atoms with Gasteiger partial charge in [0, 0.05) is 19.3 Å². The van der Waals surface area contributed by atoms with Gasteiger partial charge in [0.1, 0.15) is 5.75 Å². The van der Waals surface area contributed by atoms with Gasteiger partial charge in [-0.25, -0.2) is 0 Å². The Labute approximate surface area is 112 Å². The van der Waals surface area contributed by atoms with Crippen molar-refractivity contribution in [3.8, 4) is 5.75 Å². The maximum Gasteiger partial charge on any atom is 0.166 e. The number of rotatable bonds is 6. The zero-order valence-electron chi connectivity index (χ0n) is 10.9. The second-order valence-electron chi connectivity index (χ2n) is 4.37. The SMILES string of the molecule is COCc1ccc(C=O)n1CCc1ccc(O)cc1. The van der Waals surface area contributed by atoms with Crippen molar-refractivity contribution >= 4 is 6.29 Å². The van der Waals surface area contributed by atoms with E-state index in [-0.39, 0.29) is 5.75 Å². The summed E-state index contributed by atoms with van der Waals surface area (Å²) in [5.41, 5.74) is 2.76. The van der Waals surface area contributed by atoms with E-state index >= 15 is 0 Å². The van der Waals surface area contributed by atoms with E-state index in [0.717, 1.165) is 24.0 Å². The highest BCUT2D eigenvalue weighted by atomic mass is 16.5. The molecule has 19 heavy (non-hydrogen) atoms. The van der Waals surface area contributed by atoms with Crippen LogP contribution in [0.15, 0.2) is 36.4 Å². The molecule has 4 heteroatoms. The first-order valence-corrected chi connectivity index (χ1v) is 6.15. The molecule has 0 fully saturated rings. The van der Waals surface area contributed by atoms with Crippen molar-refractivity contribution < 1.29 is 14.6 Å². The monoisotopic (exact) mass is 259 g/mol. The van der Waals surface area contributed by atoms with Crippen molar-refractivity contribution in [2.24, 2.45) is 0 Å². The second-order valence-corrected chi connectivity index (χ2v) is 4.37. The maximum atomic E-state index is 11.0. The average molecular weight is 259 g/mol. The molecule has 4 nitrogen and oxygen atoms in total. The lowest BCUT2D eigenvalue weighted by atomic mass is 10.1. The first kappa shape index (κ1) is 13.4. The van der Waals surface area contributed by atoms with Gasteiger partial charge in [-0.1, -0.05) is 12.1 Å². The molecule has 1 heterocycles. The minimum absolute atomic E-state index is 0.262. The smallest absolute Gasteiger partial charge is 0.166 e. The van der Waals surface area contributed by atoms with E-state index in [4.69, 9.17) is 4.74 Å². The molecule has 0 aliphatic rings. The molecule has 0 saturated heterocycles. The number of aromatic nitrogens is 1. The molecule has 2 rings (SSSR count). The molecule has 0 atom stereocenters. The molecular weight excluding hydrogens is 242 g/mol. The molecule has 0 spiro atoms. The van der Waals surface area contributed by atoms with Gasteiger partial charge in [-0.15, -0.1) is 0 Å². The van der Waals surface area contributed by atoms with Crippen LogP contribution in [0.5, 0.6) is 5.75 Å². The van der Waals surface area contributed by atoms with Crippen LogP contribution in [0.2, 0.25) is 0 Å². The van der Waals surface area contributed by atoms with Crippen LogP contribution in [0.1, 0.15) is 21.7 Å². The highest BCUT2D eigenvalue weighted by Gasteiger charge is 2.07. The van der Waals surface area contributed by atoms with Crippen LogP contribution in [0.3, 0.4) is 0 Å². The number of phenols is 1. The Balaban J connectivity index is 2.11. The van der Waals surface area contributed by atoms with Gasteiger partial charge < -0.3 is 14.4 Å². The van der Waals surface area contributed by atoms with E-state index in [1.54, 1.807) is 25.3 Å². The Hall–Kier alpha value is -2.07. The van der Waals surface area contributed by atoms with E-state index in [1.165, 1.54) is 0 Å². The second kappa shape index (κ2) is 6.20. The van der Waals surface area contributed by atoms with Crippen LogP contribution >= 0.6 is 0 Å². The molecule has 0 saturated carbocycles. The zero-order chi connectivity index (χ0) is 13.7. The number of nitrogens with zero attached hydrogens (tertiary/aromatic N) is 1. The summed E-state index contributed by atoms with van der Waals surface area (Å²) in [7, 11) is 1.64. The van der Waals surface area contributed by atoms with Crippen molar-refractivity contribution in [1.29, 1.82) is 0 Å². The predicted molar refractivity (Wildman–Crippen MR) is 72.3 cm³/mol. The number of hydrogen-bond donors (Lipinski definition) is 1. The molecular formula is C15H17NO3. The molecule has 1 aromatic heterocycles. The normalized spacial score (nSPS) is 10.6. The minimum Gasteiger partial charge on any atom is -0.508 e. The van der Waals surface area contributed by atoms with Gasteiger partial charge in [0.05, 0.1) is 12.3 Å². The summed E-state index contributed by atoms with van der Waals surface area (Å²) >= 11 is 0. The largest absolute Gasteiger partial charge is 0.508 e. The summed E-state index contributed by atoms with van der Waals surface area (Å²) in [6, 6.07) is 10.8. The molecule has 2 aromatic rings. The van der Waals surface area contributed by atoms with Gasteiger partial charge in [-0.3, -0.25) is 4.79 Å². The Morgan fingerprint density at radius 1 is 1.21 bits per heavy atom. The number of hydrogen-bond acceptors (Lipinski definition) is 3. The molecule has 0 radical (unpaired) electrons. The Kier molecular flexibility index (Phi) is 4.36. The van der Waals surface area contributed by atoms with E-state index in [0.29, 0.717) is 18.8 Å². The summed E-state index contributed by atoms with van der Waals surface area (Å²) in [6.45, 7) is 1.20. The third-order valence-electron chi connectivity index (χ3n) is 3.08. The topological polar surface area (TPSA) is 51.5 Å². The fourth-order valence-corrected chi connectivity index (χ4v) is 2.08. The fourth-order valence-electron chi connectivity index (χ4n) is 2.08. The van der Waals surface area contributed by atoms with Gasteiger partial charge >= 0.3 is 0 Å². The number of benzene rings is 1. The molecule has 1 aromatic carbocycles. The van der Waals surface area contributed by atoms with Crippen LogP contribution in [-0.2, 0) is 24.3 Å². The summed E-state index contributed by atoms with van der Waals surface area (Å²) in [6.07, 6.45) is 1.66. The van der Waals surface area contributed by atoms with Crippen LogP contribution < -0.4 is 0 Å². The fraction of sp³-hybridized carbons (Fsp3) is 0.267. The Morgan fingerprint density at radius 3 is 2.58 bits per heavy atom. The molecule has 1 N–H and O–H groups in total. The van der Waals surface area contributed by atoms with Crippen LogP contribution in [0, 0.1) is 0 Å². The lowest BCUT2D eigenvalue weighted by Crippen LogP contribution is -2.09. The number of carbonyl (C=O) groups excluding carboxylic acids is 1. The summed E-state index contributed by atoms with van der Waals surface area (Å²) in [5.74, 6) is 0.262. The van der Waals surface area contributed by atoms with E-state index in [2.05, 4.69) is 0 Å². The molecule has 0 unspecified atom stereocenters. The Bertz CT molecular complexity index is 543. The summed E-state index contributed by atoms with van der Waals surface area (Å²) < 4.78 is 7.09. The summed E-state index contributed by atoms with van der Waals surface area (Å²) in [4.78, 5) is 11.0. The Morgan fingerprint density at radius 2 is 1.95 bits per heavy atom. The molecule has 0 aliphatic carbocycles. The van der Waals surface area contributed by atoms with E-state index < -0.39 is 0 Å². The van der Waals surface area contributed by atoms with Gasteiger partial charge in [-0.05, 0) is 36.2 Å². The van der Waals surface area contributed by atoms with Gasteiger partial charge in [0.2, 0.25) is 0 Å². The van der Waals surface area contributed by atoms with Crippen molar-refractivity contribution in [3.05, 3.63) is 53.3 Å². The molecule has 0 aliphatic heterocycles. The number of aromatic hydroxyl groups is 1. The van der Waals surface area contributed by atoms with E-state index in [9.17, 15) is 9.90 Å².